The van der Waals surface area contributed by atoms with Crippen molar-refractivity contribution in [2.45, 2.75) is 56.6 Å². The van der Waals surface area contributed by atoms with Crippen LogP contribution in [0.4, 0.5) is 0 Å². The van der Waals surface area contributed by atoms with E-state index in [4.69, 9.17) is 9.47 Å². The van der Waals surface area contributed by atoms with E-state index in [1.165, 1.54) is 16.3 Å². The Morgan fingerprint density at radius 1 is 1.03 bits per heavy atom. The maximum atomic E-state index is 12.3. The first kappa shape index (κ1) is 20.1. The standard InChI is InChI=1S/C25H28O3S/c1-4-5-14-27-23-19-12-8-6-10-17(19)21(18-11-7-9-13-20(18)23)16-29-22-15-25(2,3)28-24(22)26/h6-13,22H,4-5,14-16H2,1-3H3. The van der Waals surface area contributed by atoms with Gasteiger partial charge in [0.05, 0.1) is 6.61 Å². The first-order chi connectivity index (χ1) is 14.0. The third-order valence-corrected chi connectivity index (χ3v) is 6.70. The lowest BCUT2D eigenvalue weighted by molar-refractivity contribution is -0.145. The molecule has 29 heavy (non-hydrogen) atoms. The molecule has 0 saturated carbocycles. The van der Waals surface area contributed by atoms with E-state index in [1.54, 1.807) is 11.8 Å². The SMILES string of the molecule is CCCCOc1c2ccccc2c(CSC2CC(C)(C)OC2=O)c2ccccc12. The molecule has 1 aliphatic rings. The molecule has 1 heterocycles. The second-order valence-corrected chi connectivity index (χ2v) is 9.48. The van der Waals surface area contributed by atoms with Crippen molar-refractivity contribution in [2.75, 3.05) is 6.61 Å². The second kappa shape index (κ2) is 8.27. The van der Waals surface area contributed by atoms with Gasteiger partial charge in [-0.25, -0.2) is 0 Å². The van der Waals surface area contributed by atoms with Gasteiger partial charge in [0.15, 0.2) is 0 Å². The van der Waals surface area contributed by atoms with E-state index >= 15 is 0 Å². The van der Waals surface area contributed by atoms with Gasteiger partial charge in [-0.05, 0) is 36.6 Å². The predicted molar refractivity (Wildman–Crippen MR) is 122 cm³/mol. The summed E-state index contributed by atoms with van der Waals surface area (Å²) in [6.07, 6.45) is 2.91. The van der Waals surface area contributed by atoms with Gasteiger partial charge in [-0.15, -0.1) is 11.8 Å². The molecular formula is C25H28O3S. The number of esters is 1. The molecule has 0 aromatic heterocycles. The van der Waals surface area contributed by atoms with E-state index in [2.05, 4.69) is 55.5 Å². The molecule has 0 spiro atoms. The number of fused-ring (bicyclic) bond motifs is 2. The molecule has 4 rings (SSSR count). The third kappa shape index (κ3) is 4.09. The molecule has 1 unspecified atom stereocenters. The number of ether oxygens (including phenoxy) is 2. The number of hydrogen-bond donors (Lipinski definition) is 0. The Morgan fingerprint density at radius 3 is 2.14 bits per heavy atom. The Kier molecular flexibility index (Phi) is 5.73. The van der Waals surface area contributed by atoms with E-state index < -0.39 is 0 Å². The van der Waals surface area contributed by atoms with Gasteiger partial charge < -0.3 is 9.47 Å². The Morgan fingerprint density at radius 2 is 1.62 bits per heavy atom. The summed E-state index contributed by atoms with van der Waals surface area (Å²) in [5.74, 6) is 1.65. The summed E-state index contributed by atoms with van der Waals surface area (Å²) in [6, 6.07) is 16.9. The molecule has 0 radical (unpaired) electrons. The molecule has 0 amide bonds. The minimum atomic E-state index is -0.365. The Bertz CT molecular complexity index is 984. The average molecular weight is 409 g/mol. The lowest BCUT2D eigenvalue weighted by Gasteiger charge is -2.18. The molecule has 0 aliphatic carbocycles. The average Bonchev–Trinajstić information content (AvgIpc) is 2.98. The minimum Gasteiger partial charge on any atom is -0.492 e. The highest BCUT2D eigenvalue weighted by atomic mass is 32.2. The molecule has 3 aromatic rings. The summed E-state index contributed by atoms with van der Waals surface area (Å²) in [5.41, 5.74) is 0.900. The van der Waals surface area contributed by atoms with Crippen LogP contribution in [0.5, 0.6) is 5.75 Å². The fraction of sp³-hybridized carbons (Fsp3) is 0.400. The van der Waals surface area contributed by atoms with Gasteiger partial charge in [0.25, 0.3) is 0 Å². The molecule has 0 bridgehead atoms. The summed E-state index contributed by atoms with van der Waals surface area (Å²) in [5, 5.41) is 4.59. The van der Waals surface area contributed by atoms with Crippen molar-refractivity contribution in [1.29, 1.82) is 0 Å². The van der Waals surface area contributed by atoms with Crippen LogP contribution < -0.4 is 4.74 Å². The van der Waals surface area contributed by atoms with Crippen LogP contribution in [0.1, 0.15) is 45.6 Å². The lowest BCUT2D eigenvalue weighted by atomic mass is 9.96. The quantitative estimate of drug-likeness (QED) is 0.254. The Labute approximate surface area is 176 Å². The molecule has 152 valence electrons. The van der Waals surface area contributed by atoms with E-state index in [-0.39, 0.29) is 16.8 Å². The topological polar surface area (TPSA) is 35.5 Å². The normalized spacial score (nSPS) is 18.3. The van der Waals surface area contributed by atoms with Gasteiger partial charge >= 0.3 is 5.97 Å². The first-order valence-corrected chi connectivity index (χ1v) is 11.4. The van der Waals surface area contributed by atoms with E-state index in [0.29, 0.717) is 0 Å². The molecule has 1 fully saturated rings. The number of carbonyl (C=O) groups is 1. The summed E-state index contributed by atoms with van der Waals surface area (Å²) < 4.78 is 11.8. The van der Waals surface area contributed by atoms with Crippen molar-refractivity contribution >= 4 is 39.3 Å². The smallest absolute Gasteiger partial charge is 0.319 e. The zero-order chi connectivity index (χ0) is 20.4. The first-order valence-electron chi connectivity index (χ1n) is 10.4. The highest BCUT2D eigenvalue weighted by Crippen LogP contribution is 2.42. The molecule has 3 aromatic carbocycles. The number of cyclic esters (lactones) is 1. The summed E-state index contributed by atoms with van der Waals surface area (Å²) in [7, 11) is 0. The second-order valence-electron chi connectivity index (χ2n) is 8.29. The van der Waals surface area contributed by atoms with Crippen molar-refractivity contribution in [3.8, 4) is 5.75 Å². The highest BCUT2D eigenvalue weighted by Gasteiger charge is 2.40. The summed E-state index contributed by atoms with van der Waals surface area (Å²) >= 11 is 1.69. The van der Waals surface area contributed by atoms with Crippen molar-refractivity contribution in [3.63, 3.8) is 0 Å². The molecule has 1 atom stereocenters. The molecule has 1 aliphatic heterocycles. The maximum Gasteiger partial charge on any atom is 0.319 e. The van der Waals surface area contributed by atoms with E-state index in [0.717, 1.165) is 48.1 Å². The van der Waals surface area contributed by atoms with Crippen LogP contribution in [-0.4, -0.2) is 23.4 Å². The van der Waals surface area contributed by atoms with Crippen LogP contribution >= 0.6 is 11.8 Å². The van der Waals surface area contributed by atoms with Crippen LogP contribution in [-0.2, 0) is 15.3 Å². The van der Waals surface area contributed by atoms with Gasteiger partial charge in [0, 0.05) is 22.9 Å². The third-order valence-electron chi connectivity index (χ3n) is 5.48. The van der Waals surface area contributed by atoms with Crippen molar-refractivity contribution in [3.05, 3.63) is 54.1 Å². The van der Waals surface area contributed by atoms with Crippen molar-refractivity contribution < 1.29 is 14.3 Å². The number of unbranched alkanes of at least 4 members (excludes halogenated alkanes) is 1. The van der Waals surface area contributed by atoms with Crippen LogP contribution in [0.2, 0.25) is 0 Å². The highest BCUT2D eigenvalue weighted by molar-refractivity contribution is 7.99. The van der Waals surface area contributed by atoms with Gasteiger partial charge in [0.2, 0.25) is 0 Å². The zero-order valence-corrected chi connectivity index (χ0v) is 18.2. The monoisotopic (exact) mass is 408 g/mol. The van der Waals surface area contributed by atoms with Crippen molar-refractivity contribution in [2.24, 2.45) is 0 Å². The van der Waals surface area contributed by atoms with Crippen molar-refractivity contribution in [1.82, 2.24) is 0 Å². The maximum absolute atomic E-state index is 12.3. The fourth-order valence-electron chi connectivity index (χ4n) is 4.03. The minimum absolute atomic E-state index is 0.0897. The summed E-state index contributed by atoms with van der Waals surface area (Å²) in [6.45, 7) is 6.87. The van der Waals surface area contributed by atoms with Crippen LogP contribution in [0, 0.1) is 0 Å². The van der Waals surface area contributed by atoms with Crippen LogP contribution in [0.15, 0.2) is 48.5 Å². The zero-order valence-electron chi connectivity index (χ0n) is 17.4. The summed E-state index contributed by atoms with van der Waals surface area (Å²) in [4.78, 5) is 12.3. The molecular weight excluding hydrogens is 380 g/mol. The number of benzene rings is 3. The Balaban J connectivity index is 1.75. The van der Waals surface area contributed by atoms with Gasteiger partial charge in [-0.3, -0.25) is 4.79 Å². The van der Waals surface area contributed by atoms with Gasteiger partial charge in [0.1, 0.15) is 16.6 Å². The van der Waals surface area contributed by atoms with Gasteiger partial charge in [-0.2, -0.15) is 0 Å². The van der Waals surface area contributed by atoms with E-state index in [1.807, 2.05) is 13.8 Å². The lowest BCUT2D eigenvalue weighted by Crippen LogP contribution is -2.17. The number of carbonyl (C=O) groups excluding carboxylic acids is 1. The molecule has 0 N–H and O–H groups in total. The van der Waals surface area contributed by atoms with Crippen LogP contribution in [0.25, 0.3) is 21.5 Å². The number of thioether (sulfide) groups is 1. The molecule has 1 saturated heterocycles. The Hall–Kier alpha value is -2.20. The molecule has 4 heteroatoms. The van der Waals surface area contributed by atoms with Gasteiger partial charge in [-0.1, -0.05) is 61.9 Å². The van der Waals surface area contributed by atoms with E-state index in [9.17, 15) is 4.79 Å². The number of hydrogen-bond acceptors (Lipinski definition) is 4. The fourth-order valence-corrected chi connectivity index (χ4v) is 5.41. The largest absolute Gasteiger partial charge is 0.492 e. The molecule has 3 nitrogen and oxygen atoms in total. The number of rotatable bonds is 7. The predicted octanol–water partition coefficient (Wildman–Crippen LogP) is 6.50. The van der Waals surface area contributed by atoms with Crippen LogP contribution in [0.3, 0.4) is 0 Å².